The number of ether oxygens (including phenoxy) is 3. The second kappa shape index (κ2) is 12.4. The summed E-state index contributed by atoms with van der Waals surface area (Å²) in [5, 5.41) is 12.5. The molecule has 0 heterocycles. The summed E-state index contributed by atoms with van der Waals surface area (Å²) in [5.74, 6) is 0.694. The molecule has 0 saturated heterocycles. The Bertz CT molecular complexity index is 849. The van der Waals surface area contributed by atoms with Crippen LogP contribution in [0.5, 0.6) is 17.2 Å². The average molecular weight is 555 g/mol. The van der Waals surface area contributed by atoms with Crippen LogP contribution in [0.2, 0.25) is 0 Å². The van der Waals surface area contributed by atoms with Gasteiger partial charge in [-0.2, -0.15) is 0 Å². The van der Waals surface area contributed by atoms with Crippen molar-refractivity contribution < 1.29 is 32.5 Å². The van der Waals surface area contributed by atoms with Gasteiger partial charge in [-0.15, -0.1) is 37.1 Å². The lowest BCUT2D eigenvalue weighted by molar-refractivity contribution is -0.274. The van der Waals surface area contributed by atoms with Crippen molar-refractivity contribution in [2.24, 2.45) is 16.6 Å². The van der Waals surface area contributed by atoms with Crippen LogP contribution in [0.3, 0.4) is 0 Å². The van der Waals surface area contributed by atoms with E-state index < -0.39 is 6.36 Å². The molecule has 0 amide bonds. The number of aliphatic hydroxyl groups is 1. The number of benzene rings is 2. The van der Waals surface area contributed by atoms with Gasteiger partial charge < -0.3 is 30.4 Å². The summed E-state index contributed by atoms with van der Waals surface area (Å²) < 4.78 is 50.9. The summed E-state index contributed by atoms with van der Waals surface area (Å²) >= 11 is 0. The van der Waals surface area contributed by atoms with Gasteiger partial charge in [0.2, 0.25) is 0 Å². The molecule has 0 aliphatic carbocycles. The van der Waals surface area contributed by atoms with Crippen molar-refractivity contribution in [3.63, 3.8) is 0 Å². The van der Waals surface area contributed by atoms with Gasteiger partial charge in [0.25, 0.3) is 0 Å². The Kier molecular flexibility index (Phi) is 10.7. The van der Waals surface area contributed by atoms with E-state index in [1.807, 2.05) is 0 Å². The van der Waals surface area contributed by atoms with E-state index in [1.165, 1.54) is 38.5 Å². The SMILES string of the molecule is COc1ccc(NC(N)=NCC(CO)Cc2ccc(OC(F)(F)F)cc2)cc1OC.I. The number of methoxy groups -OCH3 is 2. The van der Waals surface area contributed by atoms with Crippen LogP contribution in [0, 0.1) is 5.92 Å². The van der Waals surface area contributed by atoms with Crippen molar-refractivity contribution in [2.75, 3.05) is 32.7 Å². The fourth-order valence-electron chi connectivity index (χ4n) is 2.68. The van der Waals surface area contributed by atoms with E-state index in [1.54, 1.807) is 18.2 Å². The fraction of sp³-hybridized carbons (Fsp3) is 0.350. The van der Waals surface area contributed by atoms with Gasteiger partial charge in [0.1, 0.15) is 5.75 Å². The highest BCUT2D eigenvalue weighted by Gasteiger charge is 2.30. The Balaban J connectivity index is 0.00000480. The van der Waals surface area contributed by atoms with Gasteiger partial charge in [0.05, 0.1) is 14.2 Å². The first-order valence-corrected chi connectivity index (χ1v) is 8.98. The lowest BCUT2D eigenvalue weighted by atomic mass is 10.0. The molecule has 0 saturated carbocycles. The summed E-state index contributed by atoms with van der Waals surface area (Å²) in [5.41, 5.74) is 7.29. The number of nitrogens with two attached hydrogens (primary N) is 1. The second-order valence-electron chi connectivity index (χ2n) is 6.37. The molecule has 0 aromatic heterocycles. The minimum absolute atomic E-state index is 0. The standard InChI is InChI=1S/C20H24F3N3O4.HI/c1-28-17-8-5-15(10-18(17)29-2)26-19(24)25-11-14(12-27)9-13-3-6-16(7-4-13)30-20(21,22)23;/h3-8,10,14,27H,9,11-12H2,1-2H3,(H3,24,25,26);1H. The van der Waals surface area contributed by atoms with Crippen LogP contribution in [-0.4, -0.2) is 44.8 Å². The van der Waals surface area contributed by atoms with Crippen LogP contribution >= 0.6 is 24.0 Å². The molecule has 0 aliphatic heterocycles. The number of aliphatic imine (C=N–C) groups is 1. The molecule has 11 heteroatoms. The number of rotatable bonds is 9. The van der Waals surface area contributed by atoms with Crippen LogP contribution in [0.1, 0.15) is 5.56 Å². The van der Waals surface area contributed by atoms with E-state index in [0.717, 1.165) is 5.56 Å². The number of hydrogen-bond acceptors (Lipinski definition) is 5. The van der Waals surface area contributed by atoms with Crippen molar-refractivity contribution in [2.45, 2.75) is 12.8 Å². The van der Waals surface area contributed by atoms with Crippen LogP contribution in [0.15, 0.2) is 47.5 Å². The highest BCUT2D eigenvalue weighted by molar-refractivity contribution is 14.0. The molecule has 2 rings (SSSR count). The molecule has 0 fully saturated rings. The summed E-state index contributed by atoms with van der Waals surface area (Å²) in [4.78, 5) is 4.23. The topological polar surface area (TPSA) is 98.3 Å². The van der Waals surface area contributed by atoms with Crippen LogP contribution < -0.4 is 25.3 Å². The monoisotopic (exact) mass is 555 g/mol. The van der Waals surface area contributed by atoms with Gasteiger partial charge in [0.15, 0.2) is 17.5 Å². The Hall–Kier alpha value is -2.41. The second-order valence-corrected chi connectivity index (χ2v) is 6.37. The molecule has 0 radical (unpaired) electrons. The molecule has 0 spiro atoms. The maximum Gasteiger partial charge on any atom is 0.573 e. The minimum atomic E-state index is -4.73. The Morgan fingerprint density at radius 2 is 1.74 bits per heavy atom. The highest BCUT2D eigenvalue weighted by atomic mass is 127. The third kappa shape index (κ3) is 9.09. The van der Waals surface area contributed by atoms with Crippen LogP contribution in [0.4, 0.5) is 18.9 Å². The quantitative estimate of drug-likeness (QED) is 0.248. The van der Waals surface area contributed by atoms with E-state index in [0.29, 0.717) is 23.6 Å². The average Bonchev–Trinajstić information content (AvgIpc) is 2.71. The number of guanidine groups is 1. The molecule has 4 N–H and O–H groups in total. The predicted octanol–water partition coefficient (Wildman–Crippen LogP) is 3.80. The normalized spacial score (nSPS) is 12.5. The molecular weight excluding hydrogens is 530 g/mol. The van der Waals surface area contributed by atoms with Gasteiger partial charge in [-0.25, -0.2) is 0 Å². The molecule has 31 heavy (non-hydrogen) atoms. The molecule has 2 aromatic rings. The smallest absolute Gasteiger partial charge is 0.493 e. The third-order valence-electron chi connectivity index (χ3n) is 4.12. The van der Waals surface area contributed by atoms with Crippen molar-refractivity contribution in [3.8, 4) is 17.2 Å². The zero-order valence-electron chi connectivity index (χ0n) is 17.0. The van der Waals surface area contributed by atoms with Crippen LogP contribution in [-0.2, 0) is 6.42 Å². The molecule has 1 atom stereocenters. The van der Waals surface area contributed by atoms with E-state index >= 15 is 0 Å². The Morgan fingerprint density at radius 3 is 2.29 bits per heavy atom. The summed E-state index contributed by atoms with van der Waals surface area (Å²) in [7, 11) is 3.05. The van der Waals surface area contributed by atoms with Gasteiger partial charge in [0, 0.05) is 30.8 Å². The maximum atomic E-state index is 12.2. The summed E-state index contributed by atoms with van der Waals surface area (Å²) in [6, 6.07) is 10.7. The summed E-state index contributed by atoms with van der Waals surface area (Å²) in [6.45, 7) is 0.0668. The van der Waals surface area contributed by atoms with Crippen molar-refractivity contribution in [1.82, 2.24) is 0 Å². The van der Waals surface area contributed by atoms with Crippen molar-refractivity contribution >= 4 is 35.6 Å². The minimum Gasteiger partial charge on any atom is -0.493 e. The van der Waals surface area contributed by atoms with Crippen LogP contribution in [0.25, 0.3) is 0 Å². The van der Waals surface area contributed by atoms with Gasteiger partial charge in [-0.1, -0.05) is 12.1 Å². The highest BCUT2D eigenvalue weighted by Crippen LogP contribution is 2.29. The number of aliphatic hydroxyl groups excluding tert-OH is 1. The predicted molar refractivity (Wildman–Crippen MR) is 122 cm³/mol. The molecule has 172 valence electrons. The number of halogens is 4. The Labute approximate surface area is 195 Å². The van der Waals surface area contributed by atoms with E-state index in [9.17, 15) is 18.3 Å². The van der Waals surface area contributed by atoms with Gasteiger partial charge in [-0.05, 0) is 36.2 Å². The van der Waals surface area contributed by atoms with E-state index in [2.05, 4.69) is 15.0 Å². The zero-order chi connectivity index (χ0) is 22.1. The number of nitrogens with one attached hydrogen (secondary N) is 1. The lowest BCUT2D eigenvalue weighted by Crippen LogP contribution is -2.25. The molecule has 0 aliphatic rings. The van der Waals surface area contributed by atoms with Gasteiger partial charge >= 0.3 is 6.36 Å². The lowest BCUT2D eigenvalue weighted by Gasteiger charge is -2.14. The van der Waals surface area contributed by atoms with E-state index in [4.69, 9.17) is 15.2 Å². The molecule has 1 unspecified atom stereocenters. The number of hydrogen-bond donors (Lipinski definition) is 3. The first kappa shape index (κ1) is 26.6. The molecule has 7 nitrogen and oxygen atoms in total. The first-order chi connectivity index (χ1) is 14.2. The first-order valence-electron chi connectivity index (χ1n) is 8.98. The zero-order valence-corrected chi connectivity index (χ0v) is 19.3. The molecule has 2 aromatic carbocycles. The molecule has 0 bridgehead atoms. The number of anilines is 1. The maximum absolute atomic E-state index is 12.2. The molecular formula is C20H25F3IN3O4. The van der Waals surface area contributed by atoms with Crippen molar-refractivity contribution in [1.29, 1.82) is 0 Å². The fourth-order valence-corrected chi connectivity index (χ4v) is 2.68. The summed E-state index contributed by atoms with van der Waals surface area (Å²) in [6.07, 6.45) is -4.32. The Morgan fingerprint density at radius 1 is 1.10 bits per heavy atom. The van der Waals surface area contributed by atoms with E-state index in [-0.39, 0.29) is 54.8 Å². The largest absolute Gasteiger partial charge is 0.573 e. The van der Waals surface area contributed by atoms with Gasteiger partial charge in [-0.3, -0.25) is 4.99 Å². The van der Waals surface area contributed by atoms with Crippen molar-refractivity contribution in [3.05, 3.63) is 48.0 Å². The number of nitrogens with zero attached hydrogens (tertiary/aromatic N) is 1. The third-order valence-corrected chi connectivity index (χ3v) is 4.12. The number of alkyl halides is 3.